The van der Waals surface area contributed by atoms with E-state index in [1.165, 1.54) is 12.1 Å². The zero-order valence-corrected chi connectivity index (χ0v) is 6.85. The van der Waals surface area contributed by atoms with E-state index in [2.05, 4.69) is 0 Å². The van der Waals surface area contributed by atoms with Crippen LogP contribution in [0.2, 0.25) is 0 Å². The highest BCUT2D eigenvalue weighted by atomic mass is 19.4. The molecule has 0 aliphatic heterocycles. The van der Waals surface area contributed by atoms with Crippen molar-refractivity contribution in [3.8, 4) is 0 Å². The summed E-state index contributed by atoms with van der Waals surface area (Å²) in [6.07, 6.45) is -4.78. The van der Waals surface area contributed by atoms with Crippen molar-refractivity contribution < 1.29 is 18.0 Å². The Balaban J connectivity index is 3.03. The van der Waals surface area contributed by atoms with E-state index in [0.717, 1.165) is 6.07 Å². The van der Waals surface area contributed by atoms with Crippen LogP contribution in [0.4, 0.5) is 13.2 Å². The number of rotatable bonds is 1. The summed E-state index contributed by atoms with van der Waals surface area (Å²) in [5.41, 5.74) is 0.322. The van der Waals surface area contributed by atoms with Gasteiger partial charge in [0, 0.05) is 5.56 Å². The quantitative estimate of drug-likeness (QED) is 0.619. The molecule has 1 rings (SSSR count). The maximum absolute atomic E-state index is 11.9. The highest BCUT2D eigenvalue weighted by Gasteiger charge is 2.39. The third kappa shape index (κ3) is 2.31. The molecule has 13 heavy (non-hydrogen) atoms. The smallest absolute Gasteiger partial charge is 0.284 e. The van der Waals surface area contributed by atoms with Crippen LogP contribution < -0.4 is 0 Å². The van der Waals surface area contributed by atoms with Crippen LogP contribution in [0.5, 0.6) is 0 Å². The number of carbonyl (C=O) groups is 1. The molecule has 0 spiro atoms. The standard InChI is InChI=1S/C9H7F3O/c1-6-3-2-4-7(5-6)8(13)9(10,11)12/h2-5H,1H3. The van der Waals surface area contributed by atoms with Crippen LogP contribution in [0.3, 0.4) is 0 Å². The van der Waals surface area contributed by atoms with E-state index in [1.807, 2.05) is 0 Å². The maximum Gasteiger partial charge on any atom is 0.454 e. The Kier molecular flexibility index (Phi) is 2.40. The van der Waals surface area contributed by atoms with Crippen LogP contribution in [-0.4, -0.2) is 12.0 Å². The van der Waals surface area contributed by atoms with Crippen molar-refractivity contribution in [1.82, 2.24) is 0 Å². The Morgan fingerprint density at radius 3 is 2.38 bits per heavy atom. The molecule has 0 heterocycles. The zero-order valence-electron chi connectivity index (χ0n) is 6.85. The normalized spacial score (nSPS) is 11.4. The zero-order chi connectivity index (χ0) is 10.1. The fraction of sp³-hybridized carbons (Fsp3) is 0.222. The number of Topliss-reactive ketones (excluding diaryl/α,β-unsaturated/α-hetero) is 1. The molecule has 0 aromatic heterocycles. The number of ketones is 1. The summed E-state index contributed by atoms with van der Waals surface area (Å²) in [4.78, 5) is 10.7. The summed E-state index contributed by atoms with van der Waals surface area (Å²) >= 11 is 0. The lowest BCUT2D eigenvalue weighted by molar-refractivity contribution is -0.0885. The fourth-order valence-electron chi connectivity index (χ4n) is 0.950. The van der Waals surface area contributed by atoms with Crippen molar-refractivity contribution in [3.05, 3.63) is 35.4 Å². The van der Waals surface area contributed by atoms with E-state index in [9.17, 15) is 18.0 Å². The third-order valence-electron chi connectivity index (χ3n) is 1.54. The van der Waals surface area contributed by atoms with Gasteiger partial charge in [0.2, 0.25) is 0 Å². The average Bonchev–Trinajstić information content (AvgIpc) is 2.01. The number of halogens is 3. The molecule has 0 unspecified atom stereocenters. The molecule has 70 valence electrons. The van der Waals surface area contributed by atoms with Gasteiger partial charge < -0.3 is 0 Å². The van der Waals surface area contributed by atoms with Gasteiger partial charge in [0.15, 0.2) is 0 Å². The van der Waals surface area contributed by atoms with Crippen LogP contribution in [0.25, 0.3) is 0 Å². The van der Waals surface area contributed by atoms with Gasteiger partial charge >= 0.3 is 6.18 Å². The molecule has 0 saturated heterocycles. The Morgan fingerprint density at radius 1 is 1.31 bits per heavy atom. The van der Waals surface area contributed by atoms with E-state index >= 15 is 0 Å². The van der Waals surface area contributed by atoms with Gasteiger partial charge in [0.1, 0.15) is 0 Å². The molecule has 0 aliphatic rings. The first kappa shape index (κ1) is 9.77. The first-order valence-electron chi connectivity index (χ1n) is 3.59. The molecule has 0 atom stereocenters. The lowest BCUT2D eigenvalue weighted by atomic mass is 10.1. The number of alkyl halides is 3. The second-order valence-corrected chi connectivity index (χ2v) is 2.70. The molecule has 1 nitrogen and oxygen atoms in total. The van der Waals surface area contributed by atoms with Gasteiger partial charge in [0.25, 0.3) is 5.78 Å². The van der Waals surface area contributed by atoms with Gasteiger partial charge in [-0.2, -0.15) is 13.2 Å². The van der Waals surface area contributed by atoms with Crippen molar-refractivity contribution in [1.29, 1.82) is 0 Å². The summed E-state index contributed by atoms with van der Waals surface area (Å²) in [6, 6.07) is 5.43. The molecule has 0 N–H and O–H groups in total. The van der Waals surface area contributed by atoms with Gasteiger partial charge in [-0.05, 0) is 13.0 Å². The second-order valence-electron chi connectivity index (χ2n) is 2.70. The van der Waals surface area contributed by atoms with Crippen LogP contribution in [0.1, 0.15) is 15.9 Å². The average molecular weight is 188 g/mol. The van der Waals surface area contributed by atoms with Crippen molar-refractivity contribution in [2.24, 2.45) is 0 Å². The Morgan fingerprint density at radius 2 is 1.92 bits per heavy atom. The van der Waals surface area contributed by atoms with E-state index < -0.39 is 12.0 Å². The minimum Gasteiger partial charge on any atom is -0.284 e. The van der Waals surface area contributed by atoms with Crippen LogP contribution in [0, 0.1) is 6.92 Å². The minimum absolute atomic E-state index is 0.312. The molecule has 1 aromatic rings. The summed E-state index contributed by atoms with van der Waals surface area (Å²) in [7, 11) is 0. The maximum atomic E-state index is 11.9. The lowest BCUT2D eigenvalue weighted by Gasteiger charge is -2.04. The van der Waals surface area contributed by atoms with Gasteiger partial charge in [-0.15, -0.1) is 0 Å². The van der Waals surface area contributed by atoms with E-state index in [0.29, 0.717) is 5.56 Å². The largest absolute Gasteiger partial charge is 0.454 e. The Labute approximate surface area is 73.2 Å². The Bertz CT molecular complexity index is 328. The molecule has 1 aromatic carbocycles. The SMILES string of the molecule is Cc1cccc(C(=O)C(F)(F)F)c1. The molecule has 0 aliphatic carbocycles. The summed E-state index contributed by atoms with van der Waals surface area (Å²) in [6.45, 7) is 1.63. The molecular weight excluding hydrogens is 181 g/mol. The number of aryl methyl sites for hydroxylation is 1. The fourth-order valence-corrected chi connectivity index (χ4v) is 0.950. The highest BCUT2D eigenvalue weighted by Crippen LogP contribution is 2.21. The summed E-state index contributed by atoms with van der Waals surface area (Å²) < 4.78 is 35.8. The van der Waals surface area contributed by atoms with Crippen LogP contribution in [-0.2, 0) is 0 Å². The van der Waals surface area contributed by atoms with Gasteiger partial charge in [-0.3, -0.25) is 4.79 Å². The number of hydrogen-bond donors (Lipinski definition) is 0. The lowest BCUT2D eigenvalue weighted by Crippen LogP contribution is -2.22. The number of benzene rings is 1. The van der Waals surface area contributed by atoms with E-state index in [1.54, 1.807) is 13.0 Å². The van der Waals surface area contributed by atoms with E-state index in [4.69, 9.17) is 0 Å². The van der Waals surface area contributed by atoms with Gasteiger partial charge in [0.05, 0.1) is 0 Å². The monoisotopic (exact) mass is 188 g/mol. The second kappa shape index (κ2) is 3.20. The van der Waals surface area contributed by atoms with Crippen molar-refractivity contribution in [2.75, 3.05) is 0 Å². The van der Waals surface area contributed by atoms with Crippen molar-refractivity contribution >= 4 is 5.78 Å². The number of carbonyl (C=O) groups excluding carboxylic acids is 1. The molecule has 0 radical (unpaired) electrons. The third-order valence-corrected chi connectivity index (χ3v) is 1.54. The first-order chi connectivity index (χ1) is 5.91. The van der Waals surface area contributed by atoms with Gasteiger partial charge in [-0.1, -0.05) is 23.8 Å². The van der Waals surface area contributed by atoms with Crippen molar-refractivity contribution in [3.63, 3.8) is 0 Å². The predicted octanol–water partition coefficient (Wildman–Crippen LogP) is 2.74. The van der Waals surface area contributed by atoms with Crippen molar-refractivity contribution in [2.45, 2.75) is 13.1 Å². The van der Waals surface area contributed by atoms with Crippen LogP contribution in [0.15, 0.2) is 24.3 Å². The molecule has 4 heteroatoms. The van der Waals surface area contributed by atoms with E-state index in [-0.39, 0.29) is 5.56 Å². The Hall–Kier alpha value is -1.32. The molecular formula is C9H7F3O. The molecule has 0 fully saturated rings. The predicted molar refractivity (Wildman–Crippen MR) is 41.6 cm³/mol. The highest BCUT2D eigenvalue weighted by molar-refractivity contribution is 6.00. The first-order valence-corrected chi connectivity index (χ1v) is 3.59. The van der Waals surface area contributed by atoms with Gasteiger partial charge in [-0.25, -0.2) is 0 Å². The summed E-state index contributed by atoms with van der Waals surface area (Å²) in [5, 5.41) is 0. The molecule has 0 saturated carbocycles. The minimum atomic E-state index is -4.78. The molecule has 0 amide bonds. The van der Waals surface area contributed by atoms with Crippen LogP contribution >= 0.6 is 0 Å². The number of hydrogen-bond acceptors (Lipinski definition) is 1. The summed E-state index contributed by atoms with van der Waals surface area (Å²) in [5.74, 6) is -1.80. The topological polar surface area (TPSA) is 17.1 Å². The molecule has 0 bridgehead atoms.